The minimum Gasteiger partial charge on any atom is -0.396 e. The number of aliphatic hydroxyl groups excluding tert-OH is 1. The van der Waals surface area contributed by atoms with Gasteiger partial charge in [-0.25, -0.2) is 0 Å². The molecule has 0 aliphatic heterocycles. The van der Waals surface area contributed by atoms with Gasteiger partial charge < -0.3 is 9.67 Å². The van der Waals surface area contributed by atoms with Gasteiger partial charge in [-0.1, -0.05) is 54.1 Å². The van der Waals surface area contributed by atoms with Gasteiger partial charge in [0.1, 0.15) is 0 Å². The third-order valence-corrected chi connectivity index (χ3v) is 5.43. The van der Waals surface area contributed by atoms with Gasteiger partial charge in [0, 0.05) is 6.61 Å². The summed E-state index contributed by atoms with van der Waals surface area (Å²) in [4.78, 5) is 0. The van der Waals surface area contributed by atoms with E-state index in [-0.39, 0.29) is 6.61 Å². The molecule has 0 spiro atoms. The quantitative estimate of drug-likeness (QED) is 0.504. The van der Waals surface area contributed by atoms with E-state index in [2.05, 4.69) is 73.0 Å². The van der Waals surface area contributed by atoms with Crippen LogP contribution in [-0.4, -0.2) is 20.8 Å². The van der Waals surface area contributed by atoms with Gasteiger partial charge in [0.2, 0.25) is 5.62 Å². The van der Waals surface area contributed by atoms with Crippen LogP contribution in [0.5, 0.6) is 0 Å². The first-order chi connectivity index (χ1) is 14.1. The van der Waals surface area contributed by atoms with E-state index in [0.717, 1.165) is 34.3 Å². The molecule has 0 atom stereocenters. The Morgan fingerprint density at radius 3 is 2.28 bits per heavy atom. The molecule has 1 heterocycles. The van der Waals surface area contributed by atoms with E-state index < -0.39 is 0 Å². The van der Waals surface area contributed by atoms with Gasteiger partial charge in [-0.05, 0) is 61.6 Å². The zero-order chi connectivity index (χ0) is 20.4. The van der Waals surface area contributed by atoms with Crippen LogP contribution in [0, 0.1) is 19.3 Å². The Morgan fingerprint density at radius 2 is 1.55 bits per heavy atom. The molecule has 4 nitrogen and oxygen atoms in total. The van der Waals surface area contributed by atoms with E-state index in [1.54, 1.807) is 0 Å². The number of nitrogens with one attached hydrogen (secondary N) is 1. The highest BCUT2D eigenvalue weighted by atomic mass is 16.2. The van der Waals surface area contributed by atoms with E-state index in [0.29, 0.717) is 18.6 Å². The molecule has 148 valence electrons. The molecule has 0 saturated carbocycles. The van der Waals surface area contributed by atoms with Gasteiger partial charge in [0.15, 0.2) is 0 Å². The number of hydrogen-bond acceptors (Lipinski definition) is 2. The Balaban J connectivity index is 1.91. The molecule has 3 aromatic carbocycles. The third-order valence-electron chi connectivity index (χ3n) is 5.43. The summed E-state index contributed by atoms with van der Waals surface area (Å²) in [5, 5.41) is 18.3. The van der Waals surface area contributed by atoms with Crippen molar-refractivity contribution in [2.24, 2.45) is 0 Å². The average Bonchev–Trinajstić information content (AvgIpc) is 3.00. The predicted octanol–water partition coefficient (Wildman–Crippen LogP) is 4.50. The summed E-state index contributed by atoms with van der Waals surface area (Å²) in [6, 6.07) is 23.1. The number of aryl methyl sites for hydroxylation is 3. The molecule has 29 heavy (non-hydrogen) atoms. The van der Waals surface area contributed by atoms with Crippen molar-refractivity contribution < 1.29 is 5.11 Å². The topological polar surface area (TPSA) is 53.9 Å². The molecular formula is C25H27N3O. The Labute approximate surface area is 171 Å². The number of para-hydroxylation sites is 2. The van der Waals surface area contributed by atoms with Crippen molar-refractivity contribution in [1.82, 2.24) is 9.13 Å². The van der Waals surface area contributed by atoms with Crippen LogP contribution in [0.2, 0.25) is 0 Å². The number of rotatable bonds is 6. The van der Waals surface area contributed by atoms with Crippen LogP contribution in [-0.2, 0) is 13.0 Å². The lowest BCUT2D eigenvalue weighted by Crippen LogP contribution is -2.24. The molecule has 1 aromatic heterocycles. The van der Waals surface area contributed by atoms with Crippen molar-refractivity contribution in [3.05, 3.63) is 94.6 Å². The Kier molecular flexibility index (Phi) is 5.36. The fourth-order valence-electron chi connectivity index (χ4n) is 3.87. The van der Waals surface area contributed by atoms with Gasteiger partial charge in [-0.2, -0.15) is 0 Å². The van der Waals surface area contributed by atoms with Crippen molar-refractivity contribution in [3.63, 3.8) is 0 Å². The monoisotopic (exact) mass is 385 g/mol. The maximum absolute atomic E-state index is 9.31. The minimum atomic E-state index is 0.168. The maximum atomic E-state index is 9.31. The number of benzene rings is 3. The fraction of sp³-hybridized carbons (Fsp3) is 0.240. The van der Waals surface area contributed by atoms with E-state index >= 15 is 0 Å². The standard InChI is InChI=1S/C25H27N3O/c1-18-9-12-20(13-10-18)17-27-22-7-3-4-8-23(22)28(25(27)26)24-16-19(2)11-14-21(24)6-5-15-29/h3-4,7-14,16,26,29H,5-6,15,17H2,1-2H3. The summed E-state index contributed by atoms with van der Waals surface area (Å²) in [6.07, 6.45) is 1.50. The Bertz CT molecular complexity index is 1200. The van der Waals surface area contributed by atoms with Crippen LogP contribution in [0.4, 0.5) is 0 Å². The van der Waals surface area contributed by atoms with Crippen LogP contribution in [0.3, 0.4) is 0 Å². The first-order valence-electron chi connectivity index (χ1n) is 10.1. The minimum absolute atomic E-state index is 0.168. The molecule has 2 N–H and O–H groups in total. The maximum Gasteiger partial charge on any atom is 0.208 e. The first-order valence-corrected chi connectivity index (χ1v) is 10.1. The van der Waals surface area contributed by atoms with Crippen LogP contribution in [0.15, 0.2) is 66.7 Å². The van der Waals surface area contributed by atoms with Crippen LogP contribution >= 0.6 is 0 Å². The third kappa shape index (κ3) is 3.76. The van der Waals surface area contributed by atoms with Gasteiger partial charge in [-0.15, -0.1) is 0 Å². The summed E-state index contributed by atoms with van der Waals surface area (Å²) < 4.78 is 4.11. The van der Waals surface area contributed by atoms with Crippen molar-refractivity contribution in [3.8, 4) is 5.69 Å². The molecular weight excluding hydrogens is 358 g/mol. The lowest BCUT2D eigenvalue weighted by atomic mass is 10.0. The molecule has 0 fully saturated rings. The number of aromatic nitrogens is 2. The van der Waals surface area contributed by atoms with Gasteiger partial charge in [-0.3, -0.25) is 9.98 Å². The van der Waals surface area contributed by atoms with Gasteiger partial charge in [0.25, 0.3) is 0 Å². The Morgan fingerprint density at radius 1 is 0.862 bits per heavy atom. The van der Waals surface area contributed by atoms with E-state index in [4.69, 9.17) is 5.41 Å². The first kappa shape index (κ1) is 19.2. The van der Waals surface area contributed by atoms with E-state index in [1.165, 1.54) is 11.1 Å². The van der Waals surface area contributed by atoms with E-state index in [9.17, 15) is 5.11 Å². The lowest BCUT2D eigenvalue weighted by molar-refractivity contribution is 0.288. The molecule has 4 rings (SSSR count). The summed E-state index contributed by atoms with van der Waals surface area (Å²) in [5.41, 5.74) is 8.30. The number of imidazole rings is 1. The van der Waals surface area contributed by atoms with Crippen molar-refractivity contribution in [2.45, 2.75) is 33.2 Å². The SMILES string of the molecule is Cc1ccc(Cn2c(=N)n(-c3cc(C)ccc3CCCO)c3ccccc32)cc1. The molecule has 4 heteroatoms. The summed E-state index contributed by atoms with van der Waals surface area (Å²) in [5.74, 6) is 0. The molecule has 0 saturated heterocycles. The highest BCUT2D eigenvalue weighted by Crippen LogP contribution is 2.23. The van der Waals surface area contributed by atoms with Crippen LogP contribution in [0.25, 0.3) is 16.7 Å². The van der Waals surface area contributed by atoms with Crippen LogP contribution in [0.1, 0.15) is 28.7 Å². The van der Waals surface area contributed by atoms with Crippen molar-refractivity contribution in [1.29, 1.82) is 5.41 Å². The molecule has 0 amide bonds. The summed E-state index contributed by atoms with van der Waals surface area (Å²) in [6.45, 7) is 4.99. The fourth-order valence-corrected chi connectivity index (χ4v) is 3.87. The highest BCUT2D eigenvalue weighted by molar-refractivity contribution is 5.78. The van der Waals surface area contributed by atoms with Crippen molar-refractivity contribution >= 4 is 11.0 Å². The summed E-state index contributed by atoms with van der Waals surface area (Å²) >= 11 is 0. The zero-order valence-corrected chi connectivity index (χ0v) is 17.0. The molecule has 0 unspecified atom stereocenters. The Hall–Kier alpha value is -3.11. The molecule has 0 radical (unpaired) electrons. The number of nitrogens with zero attached hydrogens (tertiary/aromatic N) is 2. The lowest BCUT2D eigenvalue weighted by Gasteiger charge is -2.12. The number of aliphatic hydroxyl groups is 1. The highest BCUT2D eigenvalue weighted by Gasteiger charge is 2.15. The number of fused-ring (bicyclic) bond motifs is 1. The molecule has 4 aromatic rings. The second-order valence-corrected chi connectivity index (χ2v) is 7.68. The second kappa shape index (κ2) is 8.10. The molecule has 0 bridgehead atoms. The average molecular weight is 386 g/mol. The molecule has 0 aliphatic rings. The molecule has 0 aliphatic carbocycles. The normalized spacial score (nSPS) is 11.3. The van der Waals surface area contributed by atoms with Gasteiger partial charge >= 0.3 is 0 Å². The van der Waals surface area contributed by atoms with Crippen molar-refractivity contribution in [2.75, 3.05) is 6.61 Å². The largest absolute Gasteiger partial charge is 0.396 e. The predicted molar refractivity (Wildman–Crippen MR) is 118 cm³/mol. The second-order valence-electron chi connectivity index (χ2n) is 7.68. The smallest absolute Gasteiger partial charge is 0.208 e. The summed E-state index contributed by atoms with van der Waals surface area (Å²) in [7, 11) is 0. The number of hydrogen-bond donors (Lipinski definition) is 2. The van der Waals surface area contributed by atoms with Crippen LogP contribution < -0.4 is 5.62 Å². The van der Waals surface area contributed by atoms with Gasteiger partial charge in [0.05, 0.1) is 23.3 Å². The zero-order valence-electron chi connectivity index (χ0n) is 17.0. The van der Waals surface area contributed by atoms with E-state index in [1.807, 2.05) is 16.7 Å².